The first-order valence-corrected chi connectivity index (χ1v) is 5.56. The van der Waals surface area contributed by atoms with Gasteiger partial charge in [-0.3, -0.25) is 0 Å². The van der Waals surface area contributed by atoms with Gasteiger partial charge in [-0.15, -0.1) is 5.26 Å². The summed E-state index contributed by atoms with van der Waals surface area (Å²) in [5, 5.41) is 8.57. The van der Waals surface area contributed by atoms with Crippen molar-refractivity contribution in [2.45, 2.75) is 38.0 Å². The summed E-state index contributed by atoms with van der Waals surface area (Å²) in [7, 11) is 0. The van der Waals surface area contributed by atoms with Crippen LogP contribution in [0, 0.1) is 11.5 Å². The molecule has 2 heteroatoms. The second kappa shape index (κ2) is 4.84. The molecule has 15 heavy (non-hydrogen) atoms. The van der Waals surface area contributed by atoms with E-state index in [1.54, 1.807) is 6.26 Å². The first-order chi connectivity index (χ1) is 7.42. The van der Waals surface area contributed by atoms with Crippen molar-refractivity contribution < 1.29 is 4.74 Å². The topological polar surface area (TPSA) is 33.0 Å². The largest absolute Gasteiger partial charge is 0.388 e. The van der Waals surface area contributed by atoms with Crippen LogP contribution in [0.25, 0.3) is 0 Å². The Labute approximate surface area is 90.5 Å². The first-order valence-electron chi connectivity index (χ1n) is 5.56. The Morgan fingerprint density at radius 1 is 1.13 bits per heavy atom. The average Bonchev–Trinajstić information content (AvgIpc) is 2.31. The van der Waals surface area contributed by atoms with Gasteiger partial charge in [0.2, 0.25) is 0 Å². The molecule has 0 bridgehead atoms. The molecule has 0 spiro atoms. The van der Waals surface area contributed by atoms with E-state index in [4.69, 9.17) is 10.00 Å². The number of hydrogen-bond donors (Lipinski definition) is 0. The first kappa shape index (κ1) is 10.0. The molecule has 0 amide bonds. The maximum Gasteiger partial charge on any atom is 0.292 e. The Kier molecular flexibility index (Phi) is 3.24. The maximum atomic E-state index is 8.57. The van der Waals surface area contributed by atoms with Gasteiger partial charge in [0, 0.05) is 0 Å². The Hall–Kier alpha value is -1.49. The fraction of sp³-hybridized carbons (Fsp3) is 0.462. The van der Waals surface area contributed by atoms with Gasteiger partial charge in [-0.2, -0.15) is 0 Å². The maximum absolute atomic E-state index is 8.57. The highest BCUT2D eigenvalue weighted by molar-refractivity contribution is 5.37. The molecule has 1 aromatic rings. The summed E-state index contributed by atoms with van der Waals surface area (Å²) in [6.45, 7) is 0. The summed E-state index contributed by atoms with van der Waals surface area (Å²) >= 11 is 0. The van der Waals surface area contributed by atoms with Crippen LogP contribution in [0.1, 0.15) is 43.6 Å². The molecule has 2 rings (SSSR count). The molecule has 1 aliphatic carbocycles. The molecule has 78 valence electrons. The van der Waals surface area contributed by atoms with E-state index in [9.17, 15) is 0 Å². The van der Waals surface area contributed by atoms with E-state index in [1.807, 2.05) is 18.2 Å². The van der Waals surface area contributed by atoms with Crippen LogP contribution in [0.5, 0.6) is 5.75 Å². The zero-order valence-electron chi connectivity index (χ0n) is 8.78. The lowest BCUT2D eigenvalue weighted by molar-refractivity contribution is 0.424. The number of hydrogen-bond acceptors (Lipinski definition) is 2. The molecular formula is C13H15NO. The third-order valence-corrected chi connectivity index (χ3v) is 3.12. The molecule has 0 unspecified atom stereocenters. The standard InChI is InChI=1S/C13H15NO/c14-10-15-13-9-5-4-8-12(13)11-6-2-1-3-7-11/h4-5,8-9,11H,1-3,6-7H2. The number of rotatable bonds is 2. The summed E-state index contributed by atoms with van der Waals surface area (Å²) in [5.74, 6) is 1.33. The minimum Gasteiger partial charge on any atom is -0.388 e. The third-order valence-electron chi connectivity index (χ3n) is 3.12. The molecule has 1 aliphatic rings. The quantitative estimate of drug-likeness (QED) is 0.685. The number of ether oxygens (including phenoxy) is 1. The minimum atomic E-state index is 0.586. The van der Waals surface area contributed by atoms with E-state index in [-0.39, 0.29) is 0 Å². The lowest BCUT2D eigenvalue weighted by Crippen LogP contribution is -2.05. The van der Waals surface area contributed by atoms with Gasteiger partial charge < -0.3 is 4.74 Å². The Morgan fingerprint density at radius 2 is 1.87 bits per heavy atom. The molecule has 0 aromatic heterocycles. The van der Waals surface area contributed by atoms with Crippen molar-refractivity contribution in [1.29, 1.82) is 5.26 Å². The molecule has 1 fully saturated rings. The zero-order valence-corrected chi connectivity index (χ0v) is 8.78. The third kappa shape index (κ3) is 2.30. The van der Waals surface area contributed by atoms with E-state index in [0.717, 1.165) is 5.75 Å². The molecular weight excluding hydrogens is 186 g/mol. The lowest BCUT2D eigenvalue weighted by Gasteiger charge is -2.22. The highest BCUT2D eigenvalue weighted by Gasteiger charge is 2.18. The monoisotopic (exact) mass is 201 g/mol. The fourth-order valence-electron chi connectivity index (χ4n) is 2.37. The number of nitriles is 1. The van der Waals surface area contributed by atoms with Gasteiger partial charge in [-0.05, 0) is 30.4 Å². The molecule has 0 N–H and O–H groups in total. The summed E-state index contributed by atoms with van der Waals surface area (Å²) in [6.07, 6.45) is 8.16. The van der Waals surface area contributed by atoms with Crippen LogP contribution in [0.2, 0.25) is 0 Å². The normalized spacial score (nSPS) is 17.0. The van der Waals surface area contributed by atoms with E-state index < -0.39 is 0 Å². The predicted molar refractivity (Wildman–Crippen MR) is 58.5 cm³/mol. The van der Waals surface area contributed by atoms with E-state index >= 15 is 0 Å². The van der Waals surface area contributed by atoms with Gasteiger partial charge in [0.25, 0.3) is 6.26 Å². The van der Waals surface area contributed by atoms with Gasteiger partial charge in [-0.25, -0.2) is 0 Å². The molecule has 0 radical (unpaired) electrons. The van der Waals surface area contributed by atoms with Gasteiger partial charge in [-0.1, -0.05) is 37.5 Å². The van der Waals surface area contributed by atoms with Crippen LogP contribution in [0.4, 0.5) is 0 Å². The molecule has 1 saturated carbocycles. The van der Waals surface area contributed by atoms with E-state index in [1.165, 1.54) is 37.7 Å². The molecule has 0 heterocycles. The van der Waals surface area contributed by atoms with Crippen molar-refractivity contribution in [3.63, 3.8) is 0 Å². The van der Waals surface area contributed by atoms with Crippen molar-refractivity contribution in [3.8, 4) is 12.0 Å². The van der Waals surface area contributed by atoms with Crippen LogP contribution in [0.3, 0.4) is 0 Å². The van der Waals surface area contributed by atoms with Gasteiger partial charge in [0.15, 0.2) is 0 Å². The summed E-state index contributed by atoms with van der Waals surface area (Å²) < 4.78 is 5.00. The van der Waals surface area contributed by atoms with Crippen molar-refractivity contribution in [2.75, 3.05) is 0 Å². The number of para-hydroxylation sites is 1. The Morgan fingerprint density at radius 3 is 2.60 bits per heavy atom. The van der Waals surface area contributed by atoms with E-state index in [2.05, 4.69) is 6.07 Å². The van der Waals surface area contributed by atoms with Crippen LogP contribution in [-0.4, -0.2) is 0 Å². The van der Waals surface area contributed by atoms with Gasteiger partial charge in [0.1, 0.15) is 5.75 Å². The zero-order chi connectivity index (χ0) is 10.5. The summed E-state index contributed by atoms with van der Waals surface area (Å²) in [5.41, 5.74) is 1.21. The van der Waals surface area contributed by atoms with Crippen LogP contribution < -0.4 is 4.74 Å². The molecule has 0 aliphatic heterocycles. The highest BCUT2D eigenvalue weighted by Crippen LogP contribution is 2.37. The second-order valence-electron chi connectivity index (χ2n) is 4.07. The number of nitrogens with zero attached hydrogens (tertiary/aromatic N) is 1. The molecule has 2 nitrogen and oxygen atoms in total. The Balaban J connectivity index is 2.21. The average molecular weight is 201 g/mol. The van der Waals surface area contributed by atoms with Crippen molar-refractivity contribution in [1.82, 2.24) is 0 Å². The minimum absolute atomic E-state index is 0.586. The fourth-order valence-corrected chi connectivity index (χ4v) is 2.37. The van der Waals surface area contributed by atoms with E-state index in [0.29, 0.717) is 5.92 Å². The lowest BCUT2D eigenvalue weighted by atomic mass is 9.84. The summed E-state index contributed by atoms with van der Waals surface area (Å²) in [6, 6.07) is 7.91. The summed E-state index contributed by atoms with van der Waals surface area (Å²) in [4.78, 5) is 0. The molecule has 0 atom stereocenters. The predicted octanol–water partition coefficient (Wildman–Crippen LogP) is 3.59. The SMILES string of the molecule is N#COc1ccccc1C1CCCCC1. The molecule has 0 saturated heterocycles. The molecule has 1 aromatic carbocycles. The smallest absolute Gasteiger partial charge is 0.292 e. The van der Waals surface area contributed by atoms with Crippen molar-refractivity contribution >= 4 is 0 Å². The highest BCUT2D eigenvalue weighted by atomic mass is 16.5. The van der Waals surface area contributed by atoms with Crippen LogP contribution >= 0.6 is 0 Å². The van der Waals surface area contributed by atoms with Crippen molar-refractivity contribution in [2.24, 2.45) is 0 Å². The van der Waals surface area contributed by atoms with Crippen molar-refractivity contribution in [3.05, 3.63) is 29.8 Å². The van der Waals surface area contributed by atoms with Gasteiger partial charge >= 0.3 is 0 Å². The Bertz CT molecular complexity index is 361. The van der Waals surface area contributed by atoms with Crippen LogP contribution in [-0.2, 0) is 0 Å². The van der Waals surface area contributed by atoms with Crippen LogP contribution in [0.15, 0.2) is 24.3 Å². The van der Waals surface area contributed by atoms with Gasteiger partial charge in [0.05, 0.1) is 0 Å². The number of benzene rings is 1. The second-order valence-corrected chi connectivity index (χ2v) is 4.07.